The molecule has 0 saturated heterocycles. The lowest BCUT2D eigenvalue weighted by molar-refractivity contribution is -0.145. The largest absolute Gasteiger partial charge is 0.463 e. The predicted octanol–water partition coefficient (Wildman–Crippen LogP) is 1.35. The number of esters is 1. The van der Waals surface area contributed by atoms with Crippen molar-refractivity contribution in [1.82, 2.24) is 0 Å². The van der Waals surface area contributed by atoms with E-state index in [4.69, 9.17) is 4.74 Å². The standard InChI is InChI=1S/C6H12O2/c1-4-5(2)8-6(3)7/h5H,4H2,1-3H3. The topological polar surface area (TPSA) is 26.3 Å². The molecule has 0 fully saturated rings. The van der Waals surface area contributed by atoms with Gasteiger partial charge in [0.1, 0.15) is 0 Å². The number of rotatable bonds is 2. The Labute approximate surface area is 49.8 Å². The first kappa shape index (κ1) is 7.47. The molecule has 0 rings (SSSR count). The van der Waals surface area contributed by atoms with E-state index in [0.717, 1.165) is 6.42 Å². The smallest absolute Gasteiger partial charge is 0.302 e. The van der Waals surface area contributed by atoms with E-state index in [-0.39, 0.29) is 12.1 Å². The zero-order valence-electron chi connectivity index (χ0n) is 5.60. The lowest BCUT2D eigenvalue weighted by Crippen LogP contribution is -2.09. The summed E-state index contributed by atoms with van der Waals surface area (Å²) in [4.78, 5) is 10.2. The van der Waals surface area contributed by atoms with E-state index < -0.39 is 0 Å². The first-order chi connectivity index (χ1) is 3.66. The second kappa shape index (κ2) is 3.47. The van der Waals surface area contributed by atoms with Crippen LogP contribution in [0.3, 0.4) is 0 Å². The molecule has 0 spiro atoms. The Bertz CT molecular complexity index is 78.6. The van der Waals surface area contributed by atoms with Crippen molar-refractivity contribution in [3.8, 4) is 0 Å². The Morgan fingerprint density at radius 3 is 2.38 bits per heavy atom. The van der Waals surface area contributed by atoms with Crippen LogP contribution in [0.15, 0.2) is 0 Å². The van der Waals surface area contributed by atoms with Crippen LogP contribution in [0.1, 0.15) is 27.2 Å². The summed E-state index contributed by atoms with van der Waals surface area (Å²) < 4.78 is 4.76. The van der Waals surface area contributed by atoms with Gasteiger partial charge in [-0.3, -0.25) is 4.79 Å². The van der Waals surface area contributed by atoms with Crippen molar-refractivity contribution in [1.29, 1.82) is 0 Å². The Morgan fingerprint density at radius 2 is 2.25 bits per heavy atom. The van der Waals surface area contributed by atoms with Crippen LogP contribution in [0.25, 0.3) is 0 Å². The van der Waals surface area contributed by atoms with Gasteiger partial charge in [0.2, 0.25) is 0 Å². The van der Waals surface area contributed by atoms with Gasteiger partial charge in [-0.15, -0.1) is 0 Å². The summed E-state index contributed by atoms with van der Waals surface area (Å²) in [6.07, 6.45) is 0.965. The Balaban J connectivity index is 3.24. The molecule has 0 aromatic carbocycles. The van der Waals surface area contributed by atoms with Crippen LogP contribution in [0.2, 0.25) is 0 Å². The highest BCUT2D eigenvalue weighted by Crippen LogP contribution is 1.94. The number of hydrogen-bond donors (Lipinski definition) is 0. The second-order valence-corrected chi connectivity index (χ2v) is 1.83. The normalized spacial score (nSPS) is 12.9. The zero-order valence-corrected chi connectivity index (χ0v) is 5.60. The summed E-state index contributed by atoms with van der Waals surface area (Å²) in [6.45, 7) is 5.28. The molecule has 0 N–H and O–H groups in total. The average Bonchev–Trinajstić information content (AvgIpc) is 1.65. The first-order valence-electron chi connectivity index (χ1n) is 2.84. The van der Waals surface area contributed by atoms with Crippen LogP contribution in [0.5, 0.6) is 0 Å². The Hall–Kier alpha value is -0.530. The maximum Gasteiger partial charge on any atom is 0.302 e. The summed E-state index contributed by atoms with van der Waals surface area (Å²) in [5.74, 6) is -0.195. The van der Waals surface area contributed by atoms with E-state index in [0.29, 0.717) is 0 Å². The molecule has 1 atom stereocenters. The van der Waals surface area contributed by atoms with Gasteiger partial charge < -0.3 is 4.74 Å². The summed E-state index contributed by atoms with van der Waals surface area (Å²) in [5, 5.41) is 0. The highest BCUT2D eigenvalue weighted by Gasteiger charge is 1.99. The molecular weight excluding hydrogens is 104 g/mol. The molecule has 0 bridgehead atoms. The third-order valence-electron chi connectivity index (χ3n) is 0.942. The van der Waals surface area contributed by atoms with Crippen LogP contribution in [-0.4, -0.2) is 12.1 Å². The summed E-state index contributed by atoms with van der Waals surface area (Å²) in [5.41, 5.74) is 0. The molecule has 0 saturated carbocycles. The molecular formula is C6H12O2. The maximum atomic E-state index is 10.2. The van der Waals surface area contributed by atoms with E-state index in [1.165, 1.54) is 6.92 Å². The number of hydrogen-bond acceptors (Lipinski definition) is 2. The second-order valence-electron chi connectivity index (χ2n) is 1.83. The van der Waals surface area contributed by atoms with Gasteiger partial charge >= 0.3 is 5.97 Å². The molecule has 0 radical (unpaired) electrons. The van der Waals surface area contributed by atoms with Gasteiger partial charge in [-0.2, -0.15) is 0 Å². The monoisotopic (exact) mass is 116 g/mol. The fraction of sp³-hybridized carbons (Fsp3) is 0.833. The van der Waals surface area contributed by atoms with E-state index in [2.05, 4.69) is 0 Å². The van der Waals surface area contributed by atoms with Gasteiger partial charge in [-0.1, -0.05) is 6.92 Å². The van der Waals surface area contributed by atoms with Crippen molar-refractivity contribution in [2.45, 2.75) is 33.3 Å². The quantitative estimate of drug-likeness (QED) is 0.509. The van der Waals surface area contributed by atoms with Crippen LogP contribution in [0.4, 0.5) is 0 Å². The van der Waals surface area contributed by atoms with Gasteiger partial charge in [0.15, 0.2) is 0 Å². The average molecular weight is 116 g/mol. The molecule has 0 amide bonds. The highest BCUT2D eigenvalue weighted by molar-refractivity contribution is 5.66. The molecule has 2 heteroatoms. The lowest BCUT2D eigenvalue weighted by Gasteiger charge is -2.06. The molecule has 0 aliphatic rings. The highest BCUT2D eigenvalue weighted by atomic mass is 16.5. The Morgan fingerprint density at radius 1 is 1.75 bits per heavy atom. The zero-order chi connectivity index (χ0) is 6.57. The fourth-order valence-electron chi connectivity index (χ4n) is 0.367. The van der Waals surface area contributed by atoms with Crippen LogP contribution >= 0.6 is 0 Å². The third-order valence-corrected chi connectivity index (χ3v) is 0.942. The van der Waals surface area contributed by atoms with Crippen molar-refractivity contribution in [3.63, 3.8) is 0 Å². The molecule has 0 heterocycles. The van der Waals surface area contributed by atoms with Crippen molar-refractivity contribution >= 4 is 5.97 Å². The van der Waals surface area contributed by atoms with Gasteiger partial charge in [0, 0.05) is 6.92 Å². The van der Waals surface area contributed by atoms with Gasteiger partial charge in [0.25, 0.3) is 0 Å². The van der Waals surface area contributed by atoms with Gasteiger partial charge in [0.05, 0.1) is 6.10 Å². The van der Waals surface area contributed by atoms with Crippen LogP contribution in [-0.2, 0) is 9.53 Å². The van der Waals surface area contributed by atoms with Crippen molar-refractivity contribution in [2.24, 2.45) is 0 Å². The maximum absolute atomic E-state index is 10.2. The molecule has 0 aliphatic heterocycles. The predicted molar refractivity (Wildman–Crippen MR) is 31.5 cm³/mol. The van der Waals surface area contributed by atoms with Crippen molar-refractivity contribution in [3.05, 3.63) is 0 Å². The minimum absolute atomic E-state index is 0.0764. The molecule has 2 nitrogen and oxygen atoms in total. The van der Waals surface area contributed by atoms with Crippen molar-refractivity contribution in [2.75, 3.05) is 0 Å². The SMILES string of the molecule is CCC(C)OC(C)=O. The number of carbonyl (C=O) groups is 1. The molecule has 8 heavy (non-hydrogen) atoms. The fourth-order valence-corrected chi connectivity index (χ4v) is 0.367. The molecule has 0 aromatic rings. The number of carbonyl (C=O) groups excluding carboxylic acids is 1. The molecule has 1 unspecified atom stereocenters. The molecule has 0 aliphatic carbocycles. The van der Waals surface area contributed by atoms with Crippen LogP contribution < -0.4 is 0 Å². The number of ether oxygens (including phenoxy) is 1. The molecule has 0 aromatic heterocycles. The van der Waals surface area contributed by atoms with Gasteiger partial charge in [-0.25, -0.2) is 0 Å². The minimum Gasteiger partial charge on any atom is -0.463 e. The summed E-state index contributed by atoms with van der Waals surface area (Å²) >= 11 is 0. The van der Waals surface area contributed by atoms with Crippen LogP contribution in [0, 0.1) is 0 Å². The van der Waals surface area contributed by atoms with Gasteiger partial charge in [-0.05, 0) is 13.3 Å². The van der Waals surface area contributed by atoms with E-state index in [9.17, 15) is 4.79 Å². The molecule has 48 valence electrons. The van der Waals surface area contributed by atoms with E-state index >= 15 is 0 Å². The van der Waals surface area contributed by atoms with Crippen molar-refractivity contribution < 1.29 is 9.53 Å². The first-order valence-corrected chi connectivity index (χ1v) is 2.84. The van der Waals surface area contributed by atoms with E-state index in [1.54, 1.807) is 0 Å². The third kappa shape index (κ3) is 3.65. The minimum atomic E-state index is -0.195. The lowest BCUT2D eigenvalue weighted by atomic mass is 10.3. The Kier molecular flexibility index (Phi) is 3.24. The summed E-state index contributed by atoms with van der Waals surface area (Å²) in [6, 6.07) is 0. The van der Waals surface area contributed by atoms with E-state index in [1.807, 2.05) is 13.8 Å². The summed E-state index contributed by atoms with van der Waals surface area (Å²) in [7, 11) is 0.